The lowest BCUT2D eigenvalue weighted by Crippen LogP contribution is -1.99. The third-order valence-electron chi connectivity index (χ3n) is 2.93. The molecule has 2 aromatic carbocycles. The Morgan fingerprint density at radius 2 is 1.58 bits per heavy atom. The quantitative estimate of drug-likeness (QED) is 0.836. The Bertz CT molecular complexity index is 544. The average molecular weight is 255 g/mol. The van der Waals surface area contributed by atoms with E-state index in [2.05, 4.69) is 0 Å². The lowest BCUT2D eigenvalue weighted by atomic mass is 10.1. The summed E-state index contributed by atoms with van der Waals surface area (Å²) in [6.07, 6.45) is 0. The number of ketones is 1. The summed E-state index contributed by atoms with van der Waals surface area (Å²) in [4.78, 5) is 11.1. The molecule has 2 aromatic rings. The molecule has 2 rings (SSSR count). The van der Waals surface area contributed by atoms with Crippen LogP contribution >= 0.6 is 0 Å². The summed E-state index contributed by atoms with van der Waals surface area (Å²) >= 11 is 0. The maximum atomic E-state index is 11.1. The summed E-state index contributed by atoms with van der Waals surface area (Å²) in [5.41, 5.74) is 8.44. The fourth-order valence-corrected chi connectivity index (χ4v) is 1.72. The zero-order valence-corrected chi connectivity index (χ0v) is 10.9. The van der Waals surface area contributed by atoms with Gasteiger partial charge in [0, 0.05) is 12.1 Å². The predicted molar refractivity (Wildman–Crippen MR) is 75.1 cm³/mol. The smallest absolute Gasteiger partial charge is 0.159 e. The largest absolute Gasteiger partial charge is 0.489 e. The molecular formula is C16H17NO2. The Morgan fingerprint density at radius 1 is 1.00 bits per heavy atom. The van der Waals surface area contributed by atoms with Gasteiger partial charge < -0.3 is 10.5 Å². The van der Waals surface area contributed by atoms with E-state index in [1.165, 1.54) is 0 Å². The minimum atomic E-state index is 0.0592. The molecule has 0 unspecified atom stereocenters. The molecule has 0 aliphatic rings. The van der Waals surface area contributed by atoms with Crippen molar-refractivity contribution in [3.8, 4) is 5.75 Å². The molecule has 0 spiro atoms. The van der Waals surface area contributed by atoms with E-state index in [4.69, 9.17) is 10.5 Å². The molecule has 0 aromatic heterocycles. The van der Waals surface area contributed by atoms with Gasteiger partial charge in [0.1, 0.15) is 12.4 Å². The van der Waals surface area contributed by atoms with E-state index >= 15 is 0 Å². The lowest BCUT2D eigenvalue weighted by Gasteiger charge is -2.07. The molecule has 0 amide bonds. The Kier molecular flexibility index (Phi) is 4.31. The van der Waals surface area contributed by atoms with E-state index < -0.39 is 0 Å². The first-order chi connectivity index (χ1) is 9.19. The van der Waals surface area contributed by atoms with Crippen LogP contribution < -0.4 is 10.5 Å². The summed E-state index contributed by atoms with van der Waals surface area (Å²) in [7, 11) is 0. The highest BCUT2D eigenvalue weighted by atomic mass is 16.5. The zero-order valence-electron chi connectivity index (χ0n) is 10.9. The molecule has 98 valence electrons. The second-order valence-electron chi connectivity index (χ2n) is 4.39. The van der Waals surface area contributed by atoms with Gasteiger partial charge in [-0.05, 0) is 42.3 Å². The third kappa shape index (κ3) is 3.66. The van der Waals surface area contributed by atoms with Crippen LogP contribution in [0, 0.1) is 0 Å². The van der Waals surface area contributed by atoms with Gasteiger partial charge in [0.15, 0.2) is 5.78 Å². The molecule has 0 radical (unpaired) electrons. The van der Waals surface area contributed by atoms with Crippen LogP contribution in [0.1, 0.15) is 28.4 Å². The fraction of sp³-hybridized carbons (Fsp3) is 0.188. The summed E-state index contributed by atoms with van der Waals surface area (Å²) < 4.78 is 5.66. The molecule has 3 heteroatoms. The molecule has 0 heterocycles. The van der Waals surface area contributed by atoms with Crippen LogP contribution in [0.5, 0.6) is 5.75 Å². The van der Waals surface area contributed by atoms with Crippen LogP contribution in [0.4, 0.5) is 0 Å². The Labute approximate surface area is 113 Å². The van der Waals surface area contributed by atoms with Gasteiger partial charge in [-0.15, -0.1) is 0 Å². The topological polar surface area (TPSA) is 52.3 Å². The van der Waals surface area contributed by atoms with Crippen molar-refractivity contribution in [2.45, 2.75) is 20.1 Å². The Balaban J connectivity index is 1.95. The van der Waals surface area contributed by atoms with Crippen LogP contribution in [-0.2, 0) is 13.2 Å². The molecule has 0 saturated heterocycles. The van der Waals surface area contributed by atoms with Gasteiger partial charge in [-0.25, -0.2) is 0 Å². The number of benzene rings is 2. The van der Waals surface area contributed by atoms with E-state index in [9.17, 15) is 4.79 Å². The molecule has 0 saturated carbocycles. The maximum Gasteiger partial charge on any atom is 0.159 e. The van der Waals surface area contributed by atoms with Crippen molar-refractivity contribution >= 4 is 5.78 Å². The first kappa shape index (κ1) is 13.3. The molecule has 3 nitrogen and oxygen atoms in total. The average Bonchev–Trinajstić information content (AvgIpc) is 2.46. The minimum absolute atomic E-state index is 0.0592. The van der Waals surface area contributed by atoms with Crippen molar-refractivity contribution in [3.63, 3.8) is 0 Å². The second-order valence-corrected chi connectivity index (χ2v) is 4.39. The fourth-order valence-electron chi connectivity index (χ4n) is 1.72. The predicted octanol–water partition coefficient (Wildman–Crippen LogP) is 2.93. The van der Waals surface area contributed by atoms with E-state index in [0.29, 0.717) is 18.7 Å². The summed E-state index contributed by atoms with van der Waals surface area (Å²) in [6.45, 7) is 2.60. The van der Waals surface area contributed by atoms with Gasteiger partial charge in [-0.2, -0.15) is 0 Å². The van der Waals surface area contributed by atoms with Crippen molar-refractivity contribution in [2.24, 2.45) is 5.73 Å². The molecule has 0 aliphatic heterocycles. The SMILES string of the molecule is CC(=O)c1ccc(OCc2ccc(CN)cc2)cc1. The number of nitrogens with two attached hydrogens (primary N) is 1. The highest BCUT2D eigenvalue weighted by Gasteiger charge is 2.00. The van der Waals surface area contributed by atoms with Gasteiger partial charge >= 0.3 is 0 Å². The zero-order chi connectivity index (χ0) is 13.7. The Hall–Kier alpha value is -2.13. The van der Waals surface area contributed by atoms with Crippen LogP contribution in [0.3, 0.4) is 0 Å². The van der Waals surface area contributed by atoms with Gasteiger partial charge in [-0.1, -0.05) is 24.3 Å². The van der Waals surface area contributed by atoms with Gasteiger partial charge in [0.05, 0.1) is 0 Å². The van der Waals surface area contributed by atoms with Crippen molar-refractivity contribution in [2.75, 3.05) is 0 Å². The van der Waals surface area contributed by atoms with Crippen molar-refractivity contribution in [3.05, 3.63) is 65.2 Å². The molecular weight excluding hydrogens is 238 g/mol. The summed E-state index contributed by atoms with van der Waals surface area (Å²) in [5.74, 6) is 0.817. The standard InChI is InChI=1S/C16H17NO2/c1-12(18)15-6-8-16(9-7-15)19-11-14-4-2-13(10-17)3-5-14/h2-9H,10-11,17H2,1H3. The number of ether oxygens (including phenoxy) is 1. The van der Waals surface area contributed by atoms with E-state index in [1.807, 2.05) is 36.4 Å². The monoisotopic (exact) mass is 255 g/mol. The van der Waals surface area contributed by atoms with Crippen LogP contribution in [0.2, 0.25) is 0 Å². The molecule has 0 bridgehead atoms. The van der Waals surface area contributed by atoms with Crippen LogP contribution in [0.15, 0.2) is 48.5 Å². The van der Waals surface area contributed by atoms with Gasteiger partial charge in [0.25, 0.3) is 0 Å². The molecule has 2 N–H and O–H groups in total. The van der Waals surface area contributed by atoms with E-state index in [0.717, 1.165) is 16.9 Å². The number of Topliss-reactive ketones (excluding diaryl/α,β-unsaturated/α-hetero) is 1. The van der Waals surface area contributed by atoms with Crippen molar-refractivity contribution in [1.82, 2.24) is 0 Å². The van der Waals surface area contributed by atoms with Crippen molar-refractivity contribution < 1.29 is 9.53 Å². The van der Waals surface area contributed by atoms with Crippen LogP contribution in [0.25, 0.3) is 0 Å². The first-order valence-electron chi connectivity index (χ1n) is 6.21. The number of carbonyl (C=O) groups excluding carboxylic acids is 1. The highest BCUT2D eigenvalue weighted by Crippen LogP contribution is 2.15. The van der Waals surface area contributed by atoms with Gasteiger partial charge in [-0.3, -0.25) is 4.79 Å². The Morgan fingerprint density at radius 3 is 2.11 bits per heavy atom. The summed E-state index contributed by atoms with van der Waals surface area (Å²) in [5, 5.41) is 0. The number of carbonyl (C=O) groups is 1. The third-order valence-corrected chi connectivity index (χ3v) is 2.93. The second kappa shape index (κ2) is 6.16. The molecule has 19 heavy (non-hydrogen) atoms. The summed E-state index contributed by atoms with van der Waals surface area (Å²) in [6, 6.07) is 15.2. The normalized spacial score (nSPS) is 10.2. The minimum Gasteiger partial charge on any atom is -0.489 e. The van der Waals surface area contributed by atoms with E-state index in [-0.39, 0.29) is 5.78 Å². The maximum absolute atomic E-state index is 11.1. The van der Waals surface area contributed by atoms with E-state index in [1.54, 1.807) is 19.1 Å². The number of hydrogen-bond donors (Lipinski definition) is 1. The van der Waals surface area contributed by atoms with Gasteiger partial charge in [0.2, 0.25) is 0 Å². The number of hydrogen-bond acceptors (Lipinski definition) is 3. The molecule has 0 atom stereocenters. The lowest BCUT2D eigenvalue weighted by molar-refractivity contribution is 0.101. The highest BCUT2D eigenvalue weighted by molar-refractivity contribution is 5.94. The molecule has 0 fully saturated rings. The van der Waals surface area contributed by atoms with Crippen LogP contribution in [-0.4, -0.2) is 5.78 Å². The first-order valence-corrected chi connectivity index (χ1v) is 6.21. The number of rotatable bonds is 5. The molecule has 0 aliphatic carbocycles. The van der Waals surface area contributed by atoms with Crippen molar-refractivity contribution in [1.29, 1.82) is 0 Å².